The summed E-state index contributed by atoms with van der Waals surface area (Å²) >= 11 is 0. The Morgan fingerprint density at radius 1 is 1.24 bits per heavy atom. The normalized spacial score (nSPS) is 48.4. The van der Waals surface area contributed by atoms with E-state index in [0.717, 1.165) is 6.08 Å². The van der Waals surface area contributed by atoms with Gasteiger partial charge in [-0.3, -0.25) is 14.4 Å². The number of carbonyl (C=O) groups is 3. The third-order valence-electron chi connectivity index (χ3n) is 9.29. The van der Waals surface area contributed by atoms with E-state index in [-0.39, 0.29) is 31.3 Å². The van der Waals surface area contributed by atoms with Crippen molar-refractivity contribution < 1.29 is 38.1 Å². The number of aliphatic hydroxyl groups excluding tert-OH is 2. The molecule has 0 heterocycles. The molecule has 0 aromatic rings. The van der Waals surface area contributed by atoms with Gasteiger partial charge in [-0.1, -0.05) is 26.8 Å². The van der Waals surface area contributed by atoms with Crippen LogP contribution in [0, 0.1) is 28.6 Å². The summed E-state index contributed by atoms with van der Waals surface area (Å²) in [5, 5.41) is 21.1. The third-order valence-corrected chi connectivity index (χ3v) is 9.29. The maximum atomic E-state index is 17.2. The van der Waals surface area contributed by atoms with Crippen molar-refractivity contribution in [3.05, 3.63) is 23.8 Å². The fourth-order valence-corrected chi connectivity index (χ4v) is 7.76. The summed E-state index contributed by atoms with van der Waals surface area (Å²) in [7, 11) is 0. The first-order valence-corrected chi connectivity index (χ1v) is 11.7. The monoisotopic (exact) mass is 466 g/mol. The molecular weight excluding hydrogens is 434 g/mol. The largest absolute Gasteiger partial charge is 0.450 e. The van der Waals surface area contributed by atoms with Crippen molar-refractivity contribution in [2.24, 2.45) is 28.6 Å². The number of hydrogen-bond acceptors (Lipinski definition) is 6. The summed E-state index contributed by atoms with van der Waals surface area (Å²) < 4.78 is 38.4. The number of alkyl halides is 2. The summed E-state index contributed by atoms with van der Waals surface area (Å²) in [4.78, 5) is 37.5. The molecule has 0 aromatic carbocycles. The molecule has 0 bridgehead atoms. The molecule has 4 aliphatic carbocycles. The number of ether oxygens (including phenoxy) is 1. The van der Waals surface area contributed by atoms with Gasteiger partial charge in [0.1, 0.15) is 12.8 Å². The summed E-state index contributed by atoms with van der Waals surface area (Å²) in [6, 6.07) is 0. The molecule has 182 valence electrons. The van der Waals surface area contributed by atoms with Crippen LogP contribution >= 0.6 is 0 Å². The smallest absolute Gasteiger partial charge is 0.306 e. The van der Waals surface area contributed by atoms with Crippen LogP contribution in [0.5, 0.6) is 0 Å². The first-order valence-electron chi connectivity index (χ1n) is 11.7. The van der Waals surface area contributed by atoms with Crippen LogP contribution in [-0.4, -0.2) is 57.9 Å². The third kappa shape index (κ3) is 2.80. The SMILES string of the molecule is CCC(=O)O[C@]1(C(=O)CO)[C@H](C)CC2C3C[C@H](F)C4=CC(=O)C=C[C@]4(C)[C@@]3(F)[C@@H](O)C[C@@]21C. The Kier molecular flexibility index (Phi) is 5.53. The molecule has 4 aliphatic rings. The van der Waals surface area contributed by atoms with Gasteiger partial charge in [0, 0.05) is 29.1 Å². The predicted molar refractivity (Wildman–Crippen MR) is 114 cm³/mol. The molecule has 9 atom stereocenters. The van der Waals surface area contributed by atoms with Crippen LogP contribution < -0.4 is 0 Å². The second kappa shape index (κ2) is 7.54. The lowest BCUT2D eigenvalue weighted by Crippen LogP contribution is -2.71. The van der Waals surface area contributed by atoms with E-state index in [1.807, 2.05) is 0 Å². The first kappa shape index (κ1) is 24.2. The van der Waals surface area contributed by atoms with Gasteiger partial charge >= 0.3 is 5.97 Å². The number of esters is 1. The lowest BCUT2D eigenvalue weighted by molar-refractivity contribution is -0.231. The lowest BCUT2D eigenvalue weighted by atomic mass is 9.44. The van der Waals surface area contributed by atoms with Gasteiger partial charge in [0.25, 0.3) is 0 Å². The number of hydrogen-bond donors (Lipinski definition) is 2. The Labute approximate surface area is 192 Å². The average Bonchev–Trinajstić information content (AvgIpc) is 2.98. The number of halogens is 2. The second-order valence-electron chi connectivity index (χ2n) is 10.6. The van der Waals surface area contributed by atoms with Crippen molar-refractivity contribution in [3.8, 4) is 0 Å². The minimum absolute atomic E-state index is 0.00452. The Hall–Kier alpha value is -1.93. The molecule has 2 unspecified atom stereocenters. The van der Waals surface area contributed by atoms with Crippen LogP contribution in [0.2, 0.25) is 0 Å². The van der Waals surface area contributed by atoms with Crippen molar-refractivity contribution in [1.29, 1.82) is 0 Å². The Morgan fingerprint density at radius 3 is 2.52 bits per heavy atom. The molecule has 0 amide bonds. The summed E-state index contributed by atoms with van der Waals surface area (Å²) in [6.07, 6.45) is 0.299. The van der Waals surface area contributed by atoms with Crippen molar-refractivity contribution in [1.82, 2.24) is 0 Å². The van der Waals surface area contributed by atoms with Crippen LogP contribution in [0.25, 0.3) is 0 Å². The number of aliphatic hydroxyl groups is 2. The molecule has 0 aromatic heterocycles. The average molecular weight is 467 g/mol. The van der Waals surface area contributed by atoms with Gasteiger partial charge in [-0.05, 0) is 49.8 Å². The molecule has 0 spiro atoms. The minimum atomic E-state index is -2.28. The Balaban J connectivity index is 1.88. The number of Topliss-reactive ketones (excluding diaryl/α,β-unsaturated/α-hetero) is 1. The van der Waals surface area contributed by atoms with E-state index in [0.29, 0.717) is 0 Å². The van der Waals surface area contributed by atoms with Crippen LogP contribution in [0.4, 0.5) is 8.78 Å². The van der Waals surface area contributed by atoms with Gasteiger partial charge in [0.15, 0.2) is 17.1 Å². The number of allylic oxidation sites excluding steroid dienone is 4. The van der Waals surface area contributed by atoms with Crippen LogP contribution in [0.1, 0.15) is 53.4 Å². The molecule has 4 rings (SSSR count). The molecule has 3 fully saturated rings. The van der Waals surface area contributed by atoms with Crippen molar-refractivity contribution in [2.45, 2.75) is 76.9 Å². The standard InChI is InChI=1S/C25H32F2O6/c1-5-21(32)33-25(20(31)12-28)13(2)8-15-16-10-18(26)17-9-14(29)6-7-22(17,3)24(16,27)19(30)11-23(15,25)4/h6-7,9,13,15-16,18-19,28,30H,5,8,10-12H2,1-4H3/t13-,15?,16?,18+,19+,22+,23+,24+,25+/m1/s1. The first-order chi connectivity index (χ1) is 15.3. The Bertz CT molecular complexity index is 961. The van der Waals surface area contributed by atoms with Crippen LogP contribution in [0.15, 0.2) is 23.8 Å². The fourth-order valence-electron chi connectivity index (χ4n) is 7.76. The number of fused-ring (bicyclic) bond motifs is 5. The second-order valence-corrected chi connectivity index (χ2v) is 10.6. The molecule has 0 aliphatic heterocycles. The van der Waals surface area contributed by atoms with E-state index < -0.39 is 76.3 Å². The van der Waals surface area contributed by atoms with Crippen molar-refractivity contribution in [2.75, 3.05) is 6.61 Å². The van der Waals surface area contributed by atoms with Gasteiger partial charge < -0.3 is 14.9 Å². The van der Waals surface area contributed by atoms with E-state index >= 15 is 8.78 Å². The molecule has 2 N–H and O–H groups in total. The van der Waals surface area contributed by atoms with Gasteiger partial charge in [0.05, 0.1) is 6.10 Å². The molecule has 0 radical (unpaired) electrons. The maximum absolute atomic E-state index is 17.2. The number of rotatable bonds is 4. The maximum Gasteiger partial charge on any atom is 0.306 e. The van der Waals surface area contributed by atoms with E-state index in [2.05, 4.69) is 0 Å². The zero-order chi connectivity index (χ0) is 24.6. The van der Waals surface area contributed by atoms with Gasteiger partial charge in [0.2, 0.25) is 5.78 Å². The predicted octanol–water partition coefficient (Wildman–Crippen LogP) is 2.80. The molecule has 6 nitrogen and oxygen atoms in total. The van der Waals surface area contributed by atoms with Crippen molar-refractivity contribution in [3.63, 3.8) is 0 Å². The van der Waals surface area contributed by atoms with Gasteiger partial charge in [-0.15, -0.1) is 0 Å². The Morgan fingerprint density at radius 2 is 1.91 bits per heavy atom. The molecule has 33 heavy (non-hydrogen) atoms. The zero-order valence-electron chi connectivity index (χ0n) is 19.4. The lowest BCUT2D eigenvalue weighted by Gasteiger charge is -2.63. The quantitative estimate of drug-likeness (QED) is 0.618. The summed E-state index contributed by atoms with van der Waals surface area (Å²) in [5.41, 5.74) is -6.74. The summed E-state index contributed by atoms with van der Waals surface area (Å²) in [5.74, 6) is -3.89. The van der Waals surface area contributed by atoms with Gasteiger partial charge in [-0.2, -0.15) is 0 Å². The van der Waals surface area contributed by atoms with E-state index in [9.17, 15) is 24.6 Å². The van der Waals surface area contributed by atoms with E-state index in [1.165, 1.54) is 19.1 Å². The minimum Gasteiger partial charge on any atom is -0.450 e. The highest BCUT2D eigenvalue weighted by Crippen LogP contribution is 2.71. The van der Waals surface area contributed by atoms with E-state index in [4.69, 9.17) is 4.74 Å². The number of ketones is 2. The number of carbonyl (C=O) groups excluding carboxylic acids is 3. The zero-order valence-corrected chi connectivity index (χ0v) is 19.4. The van der Waals surface area contributed by atoms with Crippen LogP contribution in [-0.2, 0) is 19.1 Å². The van der Waals surface area contributed by atoms with Crippen molar-refractivity contribution >= 4 is 17.5 Å². The molecular formula is C25H32F2O6. The van der Waals surface area contributed by atoms with E-state index in [1.54, 1.807) is 20.8 Å². The molecule has 3 saturated carbocycles. The van der Waals surface area contributed by atoms with Crippen LogP contribution in [0.3, 0.4) is 0 Å². The summed E-state index contributed by atoms with van der Waals surface area (Å²) in [6.45, 7) is 5.62. The topological polar surface area (TPSA) is 101 Å². The van der Waals surface area contributed by atoms with Gasteiger partial charge in [-0.25, -0.2) is 8.78 Å². The fraction of sp³-hybridized carbons (Fsp3) is 0.720. The molecule has 8 heteroatoms. The molecule has 0 saturated heterocycles. The highest BCUT2D eigenvalue weighted by Gasteiger charge is 2.77. The highest BCUT2D eigenvalue weighted by molar-refractivity contribution is 6.01. The highest BCUT2D eigenvalue weighted by atomic mass is 19.1.